The molecular weight excluding hydrogens is 353 g/mol. The first-order valence-corrected chi connectivity index (χ1v) is 7.75. The predicted molar refractivity (Wildman–Crippen MR) is 84.3 cm³/mol. The molecule has 0 bridgehead atoms. The van der Waals surface area contributed by atoms with E-state index >= 15 is 0 Å². The summed E-state index contributed by atoms with van der Waals surface area (Å²) in [7, 11) is 0. The molecule has 1 aromatic carbocycles. The van der Waals surface area contributed by atoms with E-state index in [1.807, 2.05) is 0 Å². The molecule has 0 atom stereocenters. The zero-order valence-electron chi connectivity index (χ0n) is 13.5. The smallest absolute Gasteiger partial charge is 0.406 e. The number of benzene rings is 1. The van der Waals surface area contributed by atoms with E-state index in [1.54, 1.807) is 0 Å². The van der Waals surface area contributed by atoms with Gasteiger partial charge >= 0.3 is 12.4 Å². The fourth-order valence-corrected chi connectivity index (χ4v) is 2.64. The third-order valence-corrected chi connectivity index (χ3v) is 3.90. The maximum absolute atomic E-state index is 12.2. The van der Waals surface area contributed by atoms with Crippen LogP contribution in [0.5, 0.6) is 5.75 Å². The number of nitrogens with zero attached hydrogens (tertiary/aromatic N) is 2. The molecule has 2 N–H and O–H groups in total. The zero-order valence-corrected chi connectivity index (χ0v) is 13.5. The number of fused-ring (bicyclic) bond motifs is 1. The molecule has 0 spiro atoms. The van der Waals surface area contributed by atoms with Crippen LogP contribution < -0.4 is 15.6 Å². The third kappa shape index (κ3) is 4.32. The number of aromatic amines is 1. The average molecular weight is 368 g/mol. The quantitative estimate of drug-likeness (QED) is 0.867. The van der Waals surface area contributed by atoms with Crippen molar-refractivity contribution in [2.75, 3.05) is 6.54 Å². The number of carbonyl (C=O) groups is 1. The molecule has 1 aromatic heterocycles. The molecule has 0 radical (unpaired) electrons. The average Bonchev–Trinajstić information content (AvgIpc) is 2.59. The predicted octanol–water partition coefficient (Wildman–Crippen LogP) is 1.94. The number of hydrogen-bond donors (Lipinski definition) is 2. The van der Waals surface area contributed by atoms with E-state index in [0.717, 1.165) is 0 Å². The van der Waals surface area contributed by atoms with Crippen molar-refractivity contribution in [3.63, 3.8) is 0 Å². The number of alkyl halides is 3. The lowest BCUT2D eigenvalue weighted by Crippen LogP contribution is -2.44. The van der Waals surface area contributed by atoms with Crippen LogP contribution in [0, 0.1) is 0 Å². The van der Waals surface area contributed by atoms with Crippen LogP contribution in [0.15, 0.2) is 35.4 Å². The van der Waals surface area contributed by atoms with Crippen molar-refractivity contribution in [1.29, 1.82) is 0 Å². The van der Waals surface area contributed by atoms with Crippen LogP contribution in [0.3, 0.4) is 0 Å². The summed E-state index contributed by atoms with van der Waals surface area (Å²) in [5.74, 6) is -0.323. The Bertz CT molecular complexity index is 849. The van der Waals surface area contributed by atoms with Crippen LogP contribution in [0.25, 0.3) is 0 Å². The number of hydrogen-bond acceptors (Lipinski definition) is 4. The van der Waals surface area contributed by atoms with Gasteiger partial charge in [0.05, 0.1) is 18.6 Å². The van der Waals surface area contributed by atoms with E-state index in [2.05, 4.69) is 20.0 Å². The Labute approximate surface area is 145 Å². The largest absolute Gasteiger partial charge is 0.573 e. The molecule has 138 valence electrons. The van der Waals surface area contributed by atoms with E-state index in [9.17, 15) is 22.8 Å². The van der Waals surface area contributed by atoms with Crippen LogP contribution >= 0.6 is 0 Å². The Morgan fingerprint density at radius 2 is 2.04 bits per heavy atom. The number of H-pyrrole nitrogens is 1. The summed E-state index contributed by atoms with van der Waals surface area (Å²) in [5, 5.41) is 2.69. The Morgan fingerprint density at radius 3 is 2.73 bits per heavy atom. The highest BCUT2D eigenvalue weighted by atomic mass is 19.4. The van der Waals surface area contributed by atoms with Crippen molar-refractivity contribution in [2.45, 2.75) is 25.9 Å². The van der Waals surface area contributed by atoms with E-state index < -0.39 is 6.36 Å². The number of carbonyl (C=O) groups excluding carboxylic acids is 1. The summed E-state index contributed by atoms with van der Waals surface area (Å²) >= 11 is 0. The number of nitrogens with one attached hydrogen (secondary N) is 2. The van der Waals surface area contributed by atoms with Gasteiger partial charge in [-0.1, -0.05) is 12.1 Å². The Kier molecular flexibility index (Phi) is 4.83. The fraction of sp³-hybridized carbons (Fsp3) is 0.312. The van der Waals surface area contributed by atoms with E-state index in [1.165, 1.54) is 35.5 Å². The zero-order chi connectivity index (χ0) is 18.7. The van der Waals surface area contributed by atoms with Gasteiger partial charge in [0.15, 0.2) is 0 Å². The van der Waals surface area contributed by atoms with Crippen molar-refractivity contribution in [2.24, 2.45) is 0 Å². The van der Waals surface area contributed by atoms with Crippen LogP contribution in [0.2, 0.25) is 0 Å². The van der Waals surface area contributed by atoms with Crippen LogP contribution in [0.4, 0.5) is 18.0 Å². The second-order valence-corrected chi connectivity index (χ2v) is 5.68. The second-order valence-electron chi connectivity index (χ2n) is 5.68. The summed E-state index contributed by atoms with van der Waals surface area (Å²) in [5.41, 5.74) is 1.57. The molecule has 3 rings (SSSR count). The molecule has 0 saturated carbocycles. The number of urea groups is 1. The lowest BCUT2D eigenvalue weighted by Gasteiger charge is -2.27. The van der Waals surface area contributed by atoms with Crippen molar-refractivity contribution in [1.82, 2.24) is 20.2 Å². The lowest BCUT2D eigenvalue weighted by molar-refractivity contribution is -0.274. The summed E-state index contributed by atoms with van der Waals surface area (Å²) in [4.78, 5) is 32.0. The van der Waals surface area contributed by atoms with Gasteiger partial charge in [-0.2, -0.15) is 0 Å². The standard InChI is InChI=1S/C16H15F3N4O3/c17-16(18,19)26-11-3-1-10(2-4-11)7-20-15(25)23-6-5-12-13(8-23)21-9-22-14(12)24/h1-4,9H,5-8H2,(H,20,25)(H,21,22,24). The van der Waals surface area contributed by atoms with Gasteiger partial charge in [-0.3, -0.25) is 4.79 Å². The Morgan fingerprint density at radius 1 is 1.31 bits per heavy atom. The maximum Gasteiger partial charge on any atom is 0.573 e. The molecule has 0 unspecified atom stereocenters. The van der Waals surface area contributed by atoms with Crippen LogP contribution in [0.1, 0.15) is 16.8 Å². The monoisotopic (exact) mass is 368 g/mol. The van der Waals surface area contributed by atoms with Gasteiger partial charge in [-0.05, 0) is 24.1 Å². The summed E-state index contributed by atoms with van der Waals surface area (Å²) in [6.07, 6.45) is -3.03. The minimum absolute atomic E-state index is 0.150. The van der Waals surface area contributed by atoms with Gasteiger partial charge < -0.3 is 19.9 Å². The second kappa shape index (κ2) is 7.06. The SMILES string of the molecule is O=C(NCc1ccc(OC(F)(F)F)cc1)N1CCc2c(nc[nH]c2=O)C1. The van der Waals surface area contributed by atoms with Gasteiger partial charge in [0.2, 0.25) is 0 Å². The Hall–Kier alpha value is -3.04. The normalized spacial score (nSPS) is 13.9. The van der Waals surface area contributed by atoms with Crippen molar-refractivity contribution in [3.8, 4) is 5.75 Å². The molecule has 7 nitrogen and oxygen atoms in total. The molecule has 1 aliphatic heterocycles. The number of ether oxygens (including phenoxy) is 1. The van der Waals surface area contributed by atoms with Crippen molar-refractivity contribution >= 4 is 6.03 Å². The lowest BCUT2D eigenvalue weighted by atomic mass is 10.1. The fourth-order valence-electron chi connectivity index (χ4n) is 2.64. The highest BCUT2D eigenvalue weighted by Crippen LogP contribution is 2.22. The number of aromatic nitrogens is 2. The van der Waals surface area contributed by atoms with Gasteiger partial charge in [-0.25, -0.2) is 9.78 Å². The molecule has 0 aliphatic carbocycles. The van der Waals surface area contributed by atoms with Crippen molar-refractivity contribution in [3.05, 3.63) is 57.8 Å². The van der Waals surface area contributed by atoms with Gasteiger partial charge in [0.1, 0.15) is 5.75 Å². The summed E-state index contributed by atoms with van der Waals surface area (Å²) in [6.45, 7) is 0.757. The van der Waals surface area contributed by atoms with Gasteiger partial charge in [0.25, 0.3) is 5.56 Å². The summed E-state index contributed by atoms with van der Waals surface area (Å²) < 4.78 is 40.2. The molecule has 1 aliphatic rings. The first kappa shape index (κ1) is 17.8. The van der Waals surface area contributed by atoms with E-state index in [4.69, 9.17) is 0 Å². The topological polar surface area (TPSA) is 87.3 Å². The molecule has 2 amide bonds. The van der Waals surface area contributed by atoms with Crippen LogP contribution in [-0.2, 0) is 19.5 Å². The third-order valence-electron chi connectivity index (χ3n) is 3.90. The van der Waals surface area contributed by atoms with E-state index in [-0.39, 0.29) is 30.4 Å². The highest BCUT2D eigenvalue weighted by Gasteiger charge is 2.31. The molecule has 26 heavy (non-hydrogen) atoms. The minimum Gasteiger partial charge on any atom is -0.406 e. The first-order chi connectivity index (χ1) is 12.3. The summed E-state index contributed by atoms with van der Waals surface area (Å²) in [6, 6.07) is 4.90. The van der Waals surface area contributed by atoms with E-state index in [0.29, 0.717) is 29.8 Å². The number of amides is 2. The molecule has 2 aromatic rings. The minimum atomic E-state index is -4.74. The molecule has 0 fully saturated rings. The maximum atomic E-state index is 12.2. The van der Waals surface area contributed by atoms with Gasteiger partial charge in [-0.15, -0.1) is 13.2 Å². The van der Waals surface area contributed by atoms with Gasteiger partial charge in [0, 0.05) is 18.7 Å². The molecule has 2 heterocycles. The van der Waals surface area contributed by atoms with Crippen molar-refractivity contribution < 1.29 is 22.7 Å². The number of rotatable bonds is 3. The molecular formula is C16H15F3N4O3. The Balaban J connectivity index is 1.55. The number of halogens is 3. The first-order valence-electron chi connectivity index (χ1n) is 7.75. The molecule has 10 heteroatoms. The van der Waals surface area contributed by atoms with Crippen LogP contribution in [-0.4, -0.2) is 33.8 Å². The molecule has 0 saturated heterocycles. The highest BCUT2D eigenvalue weighted by molar-refractivity contribution is 5.74.